The Morgan fingerprint density at radius 1 is 1.07 bits per heavy atom. The largest absolute Gasteiger partial charge is 0.352 e. The van der Waals surface area contributed by atoms with Crippen LogP contribution in [0.5, 0.6) is 0 Å². The number of hydrogen-bond donors (Lipinski definition) is 2. The van der Waals surface area contributed by atoms with E-state index in [0.717, 1.165) is 5.56 Å². The summed E-state index contributed by atoms with van der Waals surface area (Å²) in [6.07, 6.45) is 0.853. The summed E-state index contributed by atoms with van der Waals surface area (Å²) in [6, 6.07) is 16.2. The highest BCUT2D eigenvalue weighted by atomic mass is 16.5. The molecule has 7 nitrogen and oxygen atoms in total. The second-order valence-corrected chi connectivity index (χ2v) is 6.00. The molecule has 0 spiro atoms. The fourth-order valence-electron chi connectivity index (χ4n) is 2.51. The molecule has 3 rings (SSSR count). The lowest BCUT2D eigenvalue weighted by atomic mass is 10.2. The highest BCUT2D eigenvalue weighted by Crippen LogP contribution is 2.21. The molecule has 138 valence electrons. The van der Waals surface area contributed by atoms with Gasteiger partial charge in [0.05, 0.1) is 0 Å². The smallest absolute Gasteiger partial charge is 0.257 e. The molecule has 7 heteroatoms. The molecule has 2 amide bonds. The highest BCUT2D eigenvalue weighted by Gasteiger charge is 2.09. The molecule has 1 heterocycles. The molecule has 2 aromatic carbocycles. The second-order valence-electron chi connectivity index (χ2n) is 6.00. The number of aromatic nitrogens is 2. The fourth-order valence-corrected chi connectivity index (χ4v) is 2.51. The van der Waals surface area contributed by atoms with Crippen LogP contribution >= 0.6 is 0 Å². The van der Waals surface area contributed by atoms with E-state index in [1.807, 2.05) is 30.3 Å². The zero-order valence-electron chi connectivity index (χ0n) is 14.9. The van der Waals surface area contributed by atoms with Crippen LogP contribution in [-0.2, 0) is 4.79 Å². The van der Waals surface area contributed by atoms with Crippen LogP contribution in [0.1, 0.15) is 29.0 Å². The molecule has 0 bridgehead atoms. The summed E-state index contributed by atoms with van der Waals surface area (Å²) in [6.45, 7) is 2.18. The number of anilines is 1. The Labute approximate surface area is 156 Å². The molecule has 2 N–H and O–H groups in total. The van der Waals surface area contributed by atoms with Crippen LogP contribution in [0.4, 0.5) is 5.69 Å². The van der Waals surface area contributed by atoms with E-state index >= 15 is 0 Å². The number of hydrogen-bond acceptors (Lipinski definition) is 5. The van der Waals surface area contributed by atoms with Gasteiger partial charge in [-0.15, -0.1) is 0 Å². The van der Waals surface area contributed by atoms with Crippen LogP contribution in [0.15, 0.2) is 59.1 Å². The van der Waals surface area contributed by atoms with Crippen LogP contribution in [0, 0.1) is 6.92 Å². The minimum Gasteiger partial charge on any atom is -0.352 e. The summed E-state index contributed by atoms with van der Waals surface area (Å²) in [5.41, 5.74) is 2.00. The van der Waals surface area contributed by atoms with Gasteiger partial charge in [-0.2, -0.15) is 4.98 Å². The molecule has 0 saturated carbocycles. The van der Waals surface area contributed by atoms with Crippen molar-refractivity contribution in [2.75, 3.05) is 11.9 Å². The first-order chi connectivity index (χ1) is 13.1. The van der Waals surface area contributed by atoms with Crippen molar-refractivity contribution < 1.29 is 14.1 Å². The standard InChI is InChI=1S/C20H20N4O3/c1-14-22-20(27-24-14)16-9-5-10-17(13-16)23-18(25)11-6-12-21-19(26)15-7-3-2-4-8-15/h2-5,7-10,13H,6,11-12H2,1H3,(H,21,26)(H,23,25). The predicted molar refractivity (Wildman–Crippen MR) is 101 cm³/mol. The summed E-state index contributed by atoms with van der Waals surface area (Å²) in [7, 11) is 0. The Hall–Kier alpha value is -3.48. The van der Waals surface area contributed by atoms with Gasteiger partial charge < -0.3 is 15.2 Å². The van der Waals surface area contributed by atoms with Crippen molar-refractivity contribution in [2.24, 2.45) is 0 Å². The van der Waals surface area contributed by atoms with Gasteiger partial charge in [0, 0.05) is 29.8 Å². The maximum atomic E-state index is 12.1. The van der Waals surface area contributed by atoms with Gasteiger partial charge >= 0.3 is 0 Å². The van der Waals surface area contributed by atoms with Crippen LogP contribution in [0.25, 0.3) is 11.5 Å². The number of aryl methyl sites for hydroxylation is 1. The van der Waals surface area contributed by atoms with Crippen molar-refractivity contribution >= 4 is 17.5 Å². The monoisotopic (exact) mass is 364 g/mol. The molecule has 0 radical (unpaired) electrons. The van der Waals surface area contributed by atoms with Crippen LogP contribution in [0.3, 0.4) is 0 Å². The van der Waals surface area contributed by atoms with E-state index < -0.39 is 0 Å². The van der Waals surface area contributed by atoms with E-state index in [0.29, 0.717) is 42.4 Å². The average Bonchev–Trinajstić information content (AvgIpc) is 3.12. The minimum atomic E-state index is -0.140. The summed E-state index contributed by atoms with van der Waals surface area (Å²) >= 11 is 0. The van der Waals surface area contributed by atoms with Gasteiger partial charge in [0.1, 0.15) is 0 Å². The third kappa shape index (κ3) is 5.24. The first-order valence-corrected chi connectivity index (χ1v) is 8.65. The third-order valence-corrected chi connectivity index (χ3v) is 3.82. The van der Waals surface area contributed by atoms with Crippen LogP contribution in [0.2, 0.25) is 0 Å². The molecule has 3 aromatic rings. The summed E-state index contributed by atoms with van der Waals surface area (Å²) in [5, 5.41) is 9.40. The minimum absolute atomic E-state index is 0.122. The molecule has 0 aliphatic carbocycles. The Balaban J connectivity index is 1.45. The first kappa shape index (κ1) is 18.3. The lowest BCUT2D eigenvalue weighted by Gasteiger charge is -2.07. The normalized spacial score (nSPS) is 10.4. The molecular weight excluding hydrogens is 344 g/mol. The number of nitrogens with one attached hydrogen (secondary N) is 2. The zero-order valence-corrected chi connectivity index (χ0v) is 14.9. The molecule has 0 unspecified atom stereocenters. The van der Waals surface area contributed by atoms with Gasteiger partial charge in [0.2, 0.25) is 5.91 Å². The number of benzene rings is 2. The fraction of sp³-hybridized carbons (Fsp3) is 0.200. The zero-order chi connectivity index (χ0) is 19.1. The van der Waals surface area contributed by atoms with Crippen molar-refractivity contribution in [3.8, 4) is 11.5 Å². The number of carbonyl (C=O) groups is 2. The van der Waals surface area contributed by atoms with Crippen molar-refractivity contribution in [1.29, 1.82) is 0 Å². The molecule has 0 saturated heterocycles. The molecule has 0 fully saturated rings. The van der Waals surface area contributed by atoms with E-state index in [-0.39, 0.29) is 11.8 Å². The van der Waals surface area contributed by atoms with Crippen molar-refractivity contribution in [3.63, 3.8) is 0 Å². The van der Waals surface area contributed by atoms with Crippen molar-refractivity contribution in [1.82, 2.24) is 15.5 Å². The third-order valence-electron chi connectivity index (χ3n) is 3.82. The Morgan fingerprint density at radius 3 is 2.63 bits per heavy atom. The van der Waals surface area contributed by atoms with Crippen molar-refractivity contribution in [2.45, 2.75) is 19.8 Å². The highest BCUT2D eigenvalue weighted by molar-refractivity contribution is 5.94. The first-order valence-electron chi connectivity index (χ1n) is 8.65. The number of carbonyl (C=O) groups excluding carboxylic acids is 2. The van der Waals surface area contributed by atoms with Gasteiger partial charge in [-0.25, -0.2) is 0 Å². The van der Waals surface area contributed by atoms with Crippen molar-refractivity contribution in [3.05, 3.63) is 66.0 Å². The Kier molecular flexibility index (Phi) is 5.94. The van der Waals surface area contributed by atoms with E-state index in [2.05, 4.69) is 20.8 Å². The lowest BCUT2D eigenvalue weighted by Crippen LogP contribution is -2.25. The van der Waals surface area contributed by atoms with Gasteiger partial charge in [-0.05, 0) is 43.7 Å². The Bertz CT molecular complexity index is 922. The molecule has 1 aromatic heterocycles. The summed E-state index contributed by atoms with van der Waals surface area (Å²) < 4.78 is 5.13. The topological polar surface area (TPSA) is 97.1 Å². The number of nitrogens with zero attached hydrogens (tertiary/aromatic N) is 2. The second kappa shape index (κ2) is 8.75. The molecule has 0 aliphatic heterocycles. The van der Waals surface area contributed by atoms with E-state index in [9.17, 15) is 9.59 Å². The summed E-state index contributed by atoms with van der Waals surface area (Å²) in [4.78, 5) is 28.2. The number of rotatable bonds is 7. The van der Waals surface area contributed by atoms with E-state index in [4.69, 9.17) is 4.52 Å². The Morgan fingerprint density at radius 2 is 1.89 bits per heavy atom. The van der Waals surface area contributed by atoms with Gasteiger partial charge in [0.15, 0.2) is 5.82 Å². The predicted octanol–water partition coefficient (Wildman–Crippen LogP) is 3.19. The van der Waals surface area contributed by atoms with Crippen LogP contribution < -0.4 is 10.6 Å². The summed E-state index contributed by atoms with van der Waals surface area (Å²) in [5.74, 6) is 0.700. The lowest BCUT2D eigenvalue weighted by molar-refractivity contribution is -0.116. The molecule has 0 atom stereocenters. The van der Waals surface area contributed by atoms with Gasteiger partial charge in [-0.1, -0.05) is 29.4 Å². The van der Waals surface area contributed by atoms with Gasteiger partial charge in [0.25, 0.3) is 11.8 Å². The van der Waals surface area contributed by atoms with E-state index in [1.54, 1.807) is 31.2 Å². The van der Waals surface area contributed by atoms with Crippen LogP contribution in [-0.4, -0.2) is 28.5 Å². The average molecular weight is 364 g/mol. The maximum Gasteiger partial charge on any atom is 0.257 e. The molecular formula is C20H20N4O3. The SMILES string of the molecule is Cc1noc(-c2cccc(NC(=O)CCCNC(=O)c3ccccc3)c2)n1. The maximum absolute atomic E-state index is 12.1. The number of amides is 2. The molecule has 27 heavy (non-hydrogen) atoms. The van der Waals surface area contributed by atoms with Gasteiger partial charge in [-0.3, -0.25) is 9.59 Å². The quantitative estimate of drug-likeness (QED) is 0.628. The molecule has 0 aliphatic rings. The van der Waals surface area contributed by atoms with E-state index in [1.165, 1.54) is 0 Å².